The highest BCUT2D eigenvalue weighted by atomic mass is 32.2. The molecule has 1 aromatic rings. The largest absolute Gasteiger partial charge is 0.480 e. The lowest BCUT2D eigenvalue weighted by molar-refractivity contribution is -0.151. The third-order valence-electron chi connectivity index (χ3n) is 4.01. The molecule has 2 aliphatic rings. The molecule has 10 nitrogen and oxygen atoms in total. The average molecular weight is 358 g/mol. The number of carbonyl (C=O) groups is 3. The minimum Gasteiger partial charge on any atom is -0.480 e. The molecule has 2 aliphatic heterocycles. The summed E-state index contributed by atoms with van der Waals surface area (Å²) < 4.78 is 0.138. The lowest BCUT2D eigenvalue weighted by Gasteiger charge is -2.55. The minimum absolute atomic E-state index is 0.0363. The van der Waals surface area contributed by atoms with E-state index < -0.39 is 16.8 Å². The van der Waals surface area contributed by atoms with Gasteiger partial charge in [-0.1, -0.05) is 18.7 Å². The van der Waals surface area contributed by atoms with E-state index in [1.54, 1.807) is 14.0 Å². The molecule has 4 atom stereocenters. The Morgan fingerprint density at radius 2 is 2.35 bits per heavy atom. The van der Waals surface area contributed by atoms with E-state index in [1.165, 1.54) is 21.3 Å². The average Bonchev–Trinajstić information content (AvgIpc) is 2.91. The van der Waals surface area contributed by atoms with Gasteiger partial charge < -0.3 is 15.3 Å². The van der Waals surface area contributed by atoms with Crippen molar-refractivity contribution in [3.63, 3.8) is 0 Å². The number of hydrogen-bond acceptors (Lipinski definition) is 8. The molecule has 0 aromatic carbocycles. The number of β-lactam (4-membered cyclic amide) rings is 1. The van der Waals surface area contributed by atoms with Gasteiger partial charge in [0, 0.05) is 18.8 Å². The summed E-state index contributed by atoms with van der Waals surface area (Å²) in [6, 6.07) is -0.590. The van der Waals surface area contributed by atoms with Gasteiger partial charge in [-0.2, -0.15) is 0 Å². The zero-order chi connectivity index (χ0) is 16.8. The first-order valence-corrected chi connectivity index (χ1v) is 8.47. The Kier molecular flexibility index (Phi) is 3.96. The van der Waals surface area contributed by atoms with Crippen molar-refractivity contribution in [3.05, 3.63) is 0 Å². The molecule has 3 heterocycles. The number of aryl methyl sites for hydroxylation is 1. The number of amides is 2. The van der Waals surface area contributed by atoms with Crippen molar-refractivity contribution in [2.45, 2.75) is 33.5 Å². The molecular weight excluding hydrogens is 344 g/mol. The number of fused-ring (bicyclic) bond motifs is 1. The van der Waals surface area contributed by atoms with Crippen molar-refractivity contribution in [2.75, 3.05) is 6.54 Å². The SMILES string of the molecule is CC1S[C@@H]2C(NC=O)C(=O)N2CC1(Sc1nnnn1C)C(=O)O. The molecule has 0 radical (unpaired) electrons. The van der Waals surface area contributed by atoms with Crippen LogP contribution in [0.3, 0.4) is 0 Å². The first kappa shape index (κ1) is 16.1. The standard InChI is InChI=1S/C11H14N6O4S2/c1-5-11(9(20)21,23-10-13-14-15-16(10)2)3-17-7(19)6(12-4-18)8(17)22-5/h4-6,8H,3H2,1-2H3,(H,12,18)(H,20,21)/t5?,6?,8-,11?/m1/s1. The van der Waals surface area contributed by atoms with Gasteiger partial charge in [-0.25, -0.2) is 4.68 Å². The Labute approximate surface area is 139 Å². The topological polar surface area (TPSA) is 130 Å². The molecule has 3 unspecified atom stereocenters. The highest BCUT2D eigenvalue weighted by Crippen LogP contribution is 2.49. The van der Waals surface area contributed by atoms with Gasteiger partial charge in [-0.05, 0) is 10.4 Å². The van der Waals surface area contributed by atoms with E-state index in [4.69, 9.17) is 0 Å². The summed E-state index contributed by atoms with van der Waals surface area (Å²) in [4.78, 5) is 36.2. The van der Waals surface area contributed by atoms with Gasteiger partial charge >= 0.3 is 5.97 Å². The van der Waals surface area contributed by atoms with Crippen LogP contribution in [-0.2, 0) is 21.4 Å². The molecule has 2 amide bonds. The summed E-state index contributed by atoms with van der Waals surface area (Å²) in [6.07, 6.45) is 0.490. The van der Waals surface area contributed by atoms with Crippen LogP contribution >= 0.6 is 23.5 Å². The van der Waals surface area contributed by atoms with Crippen LogP contribution in [0.2, 0.25) is 0 Å². The predicted octanol–water partition coefficient (Wildman–Crippen LogP) is -1.46. The van der Waals surface area contributed by atoms with E-state index in [1.807, 2.05) is 0 Å². The third-order valence-corrected chi connectivity index (χ3v) is 7.33. The van der Waals surface area contributed by atoms with E-state index in [-0.39, 0.29) is 23.1 Å². The smallest absolute Gasteiger partial charge is 0.323 e. The molecular formula is C11H14N6O4S2. The number of thioether (sulfide) groups is 2. The fraction of sp³-hybridized carbons (Fsp3) is 0.636. The van der Waals surface area contributed by atoms with E-state index in [0.717, 1.165) is 11.8 Å². The van der Waals surface area contributed by atoms with Gasteiger partial charge in [0.25, 0.3) is 0 Å². The number of carboxylic acids is 1. The van der Waals surface area contributed by atoms with Gasteiger partial charge in [0.1, 0.15) is 16.2 Å². The second kappa shape index (κ2) is 5.67. The second-order valence-corrected chi connectivity index (χ2v) is 8.04. The molecule has 3 rings (SSSR count). The summed E-state index contributed by atoms with van der Waals surface area (Å²) >= 11 is 2.40. The molecule has 1 aromatic heterocycles. The molecule has 124 valence electrons. The number of aliphatic carboxylic acids is 1. The van der Waals surface area contributed by atoms with Crippen LogP contribution in [0.5, 0.6) is 0 Å². The van der Waals surface area contributed by atoms with Crippen molar-refractivity contribution >= 4 is 41.8 Å². The first-order valence-electron chi connectivity index (χ1n) is 6.71. The van der Waals surface area contributed by atoms with Crippen molar-refractivity contribution in [1.29, 1.82) is 0 Å². The summed E-state index contributed by atoms with van der Waals surface area (Å²) in [7, 11) is 1.63. The fourth-order valence-corrected chi connectivity index (χ4v) is 5.47. The first-order chi connectivity index (χ1) is 10.9. The lowest BCUT2D eigenvalue weighted by atomic mass is 9.98. The second-order valence-electron chi connectivity index (χ2n) is 5.28. The highest BCUT2D eigenvalue weighted by Gasteiger charge is 2.61. The number of carboxylic acid groups (broad SMARTS) is 1. The molecule has 0 saturated carbocycles. The number of carbonyl (C=O) groups excluding carboxylic acids is 2. The van der Waals surface area contributed by atoms with Crippen LogP contribution < -0.4 is 5.32 Å². The zero-order valence-corrected chi connectivity index (χ0v) is 13.9. The number of tetrazole rings is 1. The van der Waals surface area contributed by atoms with Crippen LogP contribution in [0, 0.1) is 0 Å². The summed E-state index contributed by atoms with van der Waals surface area (Å²) in [5.41, 5.74) is 0. The van der Waals surface area contributed by atoms with Crippen LogP contribution in [-0.4, -0.2) is 76.5 Å². The third kappa shape index (κ3) is 2.36. The van der Waals surface area contributed by atoms with E-state index in [2.05, 4.69) is 20.8 Å². The van der Waals surface area contributed by atoms with Crippen LogP contribution in [0.4, 0.5) is 0 Å². The molecule has 12 heteroatoms. The minimum atomic E-state index is -1.26. The number of rotatable bonds is 5. The van der Waals surface area contributed by atoms with Gasteiger partial charge in [0.05, 0.1) is 0 Å². The van der Waals surface area contributed by atoms with Crippen molar-refractivity contribution < 1.29 is 19.5 Å². The molecule has 2 fully saturated rings. The maximum Gasteiger partial charge on any atom is 0.323 e. The molecule has 0 bridgehead atoms. The molecule has 2 N–H and O–H groups in total. The molecule has 23 heavy (non-hydrogen) atoms. The quantitative estimate of drug-likeness (QED) is 0.479. The zero-order valence-electron chi connectivity index (χ0n) is 12.2. The Morgan fingerprint density at radius 1 is 1.61 bits per heavy atom. The normalized spacial score (nSPS) is 32.9. The Bertz CT molecular complexity index is 669. The van der Waals surface area contributed by atoms with E-state index in [9.17, 15) is 19.5 Å². The maximum absolute atomic E-state index is 12.1. The molecule has 0 spiro atoms. The summed E-state index contributed by atoms with van der Waals surface area (Å²) in [6.45, 7) is 1.84. The van der Waals surface area contributed by atoms with Crippen LogP contribution in [0.25, 0.3) is 0 Å². The van der Waals surface area contributed by atoms with E-state index in [0.29, 0.717) is 11.6 Å². The van der Waals surface area contributed by atoms with Crippen molar-refractivity contribution in [3.8, 4) is 0 Å². The predicted molar refractivity (Wildman–Crippen MR) is 80.6 cm³/mol. The Balaban J connectivity index is 1.87. The summed E-state index contributed by atoms with van der Waals surface area (Å²) in [5, 5.41) is 23.1. The number of nitrogens with zero attached hydrogens (tertiary/aromatic N) is 5. The maximum atomic E-state index is 12.1. The Morgan fingerprint density at radius 3 is 2.91 bits per heavy atom. The monoisotopic (exact) mass is 358 g/mol. The van der Waals surface area contributed by atoms with Crippen LogP contribution in [0.1, 0.15) is 6.92 Å². The Hall–Kier alpha value is -1.82. The molecule has 2 saturated heterocycles. The van der Waals surface area contributed by atoms with Gasteiger partial charge in [0.2, 0.25) is 17.5 Å². The van der Waals surface area contributed by atoms with E-state index >= 15 is 0 Å². The van der Waals surface area contributed by atoms with Crippen molar-refractivity contribution in [2.24, 2.45) is 7.05 Å². The number of nitrogens with one attached hydrogen (secondary N) is 1. The molecule has 0 aliphatic carbocycles. The van der Waals surface area contributed by atoms with Crippen molar-refractivity contribution in [1.82, 2.24) is 30.4 Å². The van der Waals surface area contributed by atoms with Crippen LogP contribution in [0.15, 0.2) is 5.16 Å². The number of hydrogen-bond donors (Lipinski definition) is 2. The van der Waals surface area contributed by atoms with Gasteiger partial charge in [0.15, 0.2) is 0 Å². The number of aromatic nitrogens is 4. The van der Waals surface area contributed by atoms with Gasteiger partial charge in [-0.15, -0.1) is 16.9 Å². The highest BCUT2D eigenvalue weighted by molar-refractivity contribution is 8.05. The summed E-state index contributed by atoms with van der Waals surface area (Å²) in [5.74, 6) is -1.30. The van der Waals surface area contributed by atoms with Gasteiger partial charge in [-0.3, -0.25) is 14.4 Å². The fourth-order valence-electron chi connectivity index (χ4n) is 2.64. The lowest BCUT2D eigenvalue weighted by Crippen LogP contribution is -2.75.